The van der Waals surface area contributed by atoms with Crippen LogP contribution in [0.25, 0.3) is 0 Å². The minimum Gasteiger partial charge on any atom is -0.412 e. The van der Waals surface area contributed by atoms with Crippen LogP contribution in [-0.4, -0.2) is 31.4 Å². The second kappa shape index (κ2) is 16.1. The van der Waals surface area contributed by atoms with Crippen LogP contribution in [0.4, 0.5) is 0 Å². The van der Waals surface area contributed by atoms with E-state index in [1.165, 1.54) is 0 Å². The first-order valence-electron chi connectivity index (χ1n) is 1.20. The molecule has 0 aliphatic rings. The van der Waals surface area contributed by atoms with Gasteiger partial charge in [0.2, 0.25) is 0 Å². The highest BCUT2D eigenvalue weighted by atomic mass is 32.3. The molecule has 0 aromatic heterocycles. The summed E-state index contributed by atoms with van der Waals surface area (Å²) < 4.78 is 48.2. The topological polar surface area (TPSA) is 174 Å². The van der Waals surface area contributed by atoms with Crippen LogP contribution in [0.3, 0.4) is 0 Å². The van der Waals surface area contributed by atoms with Crippen molar-refractivity contribution in [2.75, 3.05) is 0 Å². The Hall–Kier alpha value is -0.750. The lowest BCUT2D eigenvalue weighted by atomic mass is 15.3. The van der Waals surface area contributed by atoms with Gasteiger partial charge in [0.25, 0.3) is 0 Å². The van der Waals surface area contributed by atoms with Gasteiger partial charge in [-0.25, -0.2) is 0 Å². The quantitative estimate of drug-likeness (QED) is 0.430. The summed E-state index contributed by atoms with van der Waals surface area (Å²) in [5.74, 6) is 0. The fourth-order valence-electron chi connectivity index (χ4n) is 0. The minimum absolute atomic E-state index is 0. The Morgan fingerprint density at radius 1 is 1.00 bits per heavy atom. The molecule has 0 radical (unpaired) electrons. The summed E-state index contributed by atoms with van der Waals surface area (Å²) in [7, 11) is -4.67. The molecule has 70 valence electrons. The van der Waals surface area contributed by atoms with Gasteiger partial charge in [0.05, 0.1) is 0 Å². The normalized spacial score (nSPS) is 6.73. The van der Waals surface area contributed by atoms with Gasteiger partial charge in [0.1, 0.15) is 0 Å². The first kappa shape index (κ1) is 22.5. The summed E-state index contributed by atoms with van der Waals surface area (Å²) in [6.45, 7) is 0. The van der Waals surface area contributed by atoms with Gasteiger partial charge in [-0.1, -0.05) is 0 Å². The highest BCUT2D eigenvalue weighted by molar-refractivity contribution is 7.79. The Morgan fingerprint density at radius 2 is 1.00 bits per heavy atom. The van der Waals surface area contributed by atoms with Crippen molar-refractivity contribution in [3.8, 4) is 0 Å². The molecule has 0 atom stereocenters. The van der Waals surface area contributed by atoms with Crippen LogP contribution in [0, 0.1) is 9.93 Å². The van der Waals surface area contributed by atoms with Crippen molar-refractivity contribution < 1.29 is 31.4 Å². The molecular weight excluding hydrogens is 208 g/mol. The van der Waals surface area contributed by atoms with E-state index in [0.717, 1.165) is 0 Å². The van der Waals surface area contributed by atoms with E-state index in [0.29, 0.717) is 0 Å². The van der Waals surface area contributed by atoms with Crippen molar-refractivity contribution in [1.29, 1.82) is 0 Å². The zero-order valence-corrected chi connectivity index (χ0v) is 6.29. The second-order valence-electron chi connectivity index (χ2n) is 0.516. The summed E-state index contributed by atoms with van der Waals surface area (Å²) in [6, 6.07) is 0. The smallest absolute Gasteiger partial charge is 0.394 e. The number of rotatable bonds is 0. The van der Waals surface area contributed by atoms with Crippen molar-refractivity contribution in [3.63, 3.8) is 0 Å². The van der Waals surface area contributed by atoms with E-state index in [2.05, 4.69) is 0 Å². The first-order valence-corrected chi connectivity index (χ1v) is 3.26. The molecule has 0 unspecified atom stereocenters. The van der Waals surface area contributed by atoms with Gasteiger partial charge >= 0.3 is 22.0 Å². The van der Waals surface area contributed by atoms with Crippen molar-refractivity contribution in [3.05, 3.63) is 9.93 Å². The Labute approximate surface area is 64.1 Å². The molecule has 0 saturated heterocycles. The molecule has 0 bridgehead atoms. The summed E-state index contributed by atoms with van der Waals surface area (Å²) in [6.07, 6.45) is 0. The van der Waals surface area contributed by atoms with Crippen LogP contribution in [0.15, 0.2) is 0 Å². The van der Waals surface area contributed by atoms with E-state index in [1.54, 1.807) is 0 Å². The zero-order chi connectivity index (χ0) is 9.21. The molecule has 0 aliphatic carbocycles. The second-order valence-corrected chi connectivity index (χ2v) is 1.55. The maximum Gasteiger partial charge on any atom is 0.394 e. The molecule has 0 aromatic rings. The Morgan fingerprint density at radius 3 is 1.00 bits per heavy atom. The first-order chi connectivity index (χ1) is 4.41. The molecule has 11 heavy (non-hydrogen) atoms. The van der Waals surface area contributed by atoms with E-state index in [1.807, 2.05) is 0 Å². The average Bonchev–Trinajstić information content (AvgIpc) is 1.68. The van der Waals surface area contributed by atoms with Crippen LogP contribution in [0.5, 0.6) is 0 Å². The average molecular weight is 212 g/mol. The van der Waals surface area contributed by atoms with Crippen LogP contribution < -0.4 is 0 Å². The predicted molar refractivity (Wildman–Crippen MR) is 33.4 cm³/mol. The van der Waals surface area contributed by atoms with Gasteiger partial charge in [0.15, 0.2) is 0 Å². The molecule has 9 nitrogen and oxygen atoms in total. The monoisotopic (exact) mass is 212 g/mol. The van der Waals surface area contributed by atoms with Crippen molar-refractivity contribution in [1.82, 2.24) is 0 Å². The molecule has 0 rings (SSSR count). The molecule has 0 saturated carbocycles. The van der Waals surface area contributed by atoms with Crippen LogP contribution in [0.2, 0.25) is 0 Å². The molecule has 0 amide bonds. The fourth-order valence-corrected chi connectivity index (χ4v) is 0. The molecule has 0 fully saturated rings. The van der Waals surface area contributed by atoms with Crippen LogP contribution in [-0.2, 0) is 22.0 Å². The summed E-state index contributed by atoms with van der Waals surface area (Å²) in [4.78, 5) is 14.0. The third-order valence-corrected chi connectivity index (χ3v) is 0. The third-order valence-electron chi connectivity index (χ3n) is 0. The lowest BCUT2D eigenvalue weighted by molar-refractivity contribution is 0.381. The maximum atomic E-state index is 8.74. The van der Waals surface area contributed by atoms with Gasteiger partial charge in [-0.3, -0.25) is 9.11 Å². The number of hydrogen-bond donors (Lipinski definition) is 2. The van der Waals surface area contributed by atoms with Crippen molar-refractivity contribution in [2.24, 2.45) is 0 Å². The SMILES string of the molecule is O.O=O.O=S(=O)(O)O.O=S=O. The standard InChI is InChI=1S/H2O4S.O2S.O2.H2O/c1-5(2,3)4;1-3-2;1-2;/h(H2,1,2,3,4);;;1H2. The van der Waals surface area contributed by atoms with E-state index in [-0.39, 0.29) is 5.48 Å². The fraction of sp³-hybridized carbons (Fsp3) is 0. The Bertz CT molecular complexity index is 160. The maximum absolute atomic E-state index is 8.74. The molecular formula is H4O9S2. The van der Waals surface area contributed by atoms with E-state index >= 15 is 0 Å². The highest BCUT2D eigenvalue weighted by Gasteiger charge is 1.84. The van der Waals surface area contributed by atoms with Crippen LogP contribution in [0.1, 0.15) is 0 Å². The van der Waals surface area contributed by atoms with Gasteiger partial charge in [-0.05, 0) is 0 Å². The van der Waals surface area contributed by atoms with Crippen molar-refractivity contribution in [2.45, 2.75) is 0 Å². The van der Waals surface area contributed by atoms with E-state index in [4.69, 9.17) is 35.9 Å². The largest absolute Gasteiger partial charge is 0.412 e. The molecule has 0 aliphatic heterocycles. The summed E-state index contributed by atoms with van der Waals surface area (Å²) in [5.41, 5.74) is 0. The van der Waals surface area contributed by atoms with E-state index in [9.17, 15) is 0 Å². The summed E-state index contributed by atoms with van der Waals surface area (Å²) >= 11 is -0.750. The molecule has 0 spiro atoms. The lowest BCUT2D eigenvalue weighted by Crippen LogP contribution is -1.89. The van der Waals surface area contributed by atoms with Gasteiger partial charge in [-0.15, -0.1) is 0 Å². The molecule has 11 heteroatoms. The third kappa shape index (κ3) is 864. The van der Waals surface area contributed by atoms with Gasteiger partial charge in [-0.2, -0.15) is 16.8 Å². The van der Waals surface area contributed by atoms with Gasteiger partial charge in [0, 0.05) is 9.93 Å². The Balaban J connectivity index is -0.0000000360. The van der Waals surface area contributed by atoms with Gasteiger partial charge < -0.3 is 5.48 Å². The highest BCUT2D eigenvalue weighted by Crippen LogP contribution is 1.59. The number of hydrogen-bond acceptors (Lipinski definition) is 6. The lowest BCUT2D eigenvalue weighted by Gasteiger charge is -1.68. The molecule has 0 heterocycles. The molecule has 4 N–H and O–H groups in total. The van der Waals surface area contributed by atoms with Crippen LogP contribution >= 0.6 is 0 Å². The zero-order valence-electron chi connectivity index (χ0n) is 4.66. The van der Waals surface area contributed by atoms with Crippen molar-refractivity contribution >= 4 is 22.0 Å². The molecule has 0 aromatic carbocycles. The summed E-state index contributed by atoms with van der Waals surface area (Å²) in [5, 5.41) is 0. The van der Waals surface area contributed by atoms with E-state index < -0.39 is 22.0 Å². The minimum atomic E-state index is -4.67. The Kier molecular flexibility index (Phi) is 32.9. The predicted octanol–water partition coefficient (Wildman–Crippen LogP) is -2.08.